The molecule has 45 heavy (non-hydrogen) atoms. The van der Waals surface area contributed by atoms with Crippen LogP contribution in [0, 0.1) is 11.6 Å². The first-order chi connectivity index (χ1) is 21.3. The summed E-state index contributed by atoms with van der Waals surface area (Å²) in [6.45, 7) is -0.168. The molecule has 0 saturated carbocycles. The number of nitrogens with one attached hydrogen (secondary N) is 1. The fraction of sp³-hybridized carbons (Fsp3) is 0.156. The minimum Gasteiger partial charge on any atom is -0.455 e. The van der Waals surface area contributed by atoms with Gasteiger partial charge in [-0.15, -0.1) is 0 Å². The zero-order valence-electron chi connectivity index (χ0n) is 24.5. The monoisotopic (exact) mass is 632 g/mol. The van der Waals surface area contributed by atoms with Crippen molar-refractivity contribution >= 4 is 44.2 Å². The zero-order valence-corrected chi connectivity index (χ0v) is 25.3. The minimum absolute atomic E-state index is 0.0469. The highest BCUT2D eigenvalue weighted by molar-refractivity contribution is 7.92. The Morgan fingerprint density at radius 2 is 1.71 bits per heavy atom. The fourth-order valence-electron chi connectivity index (χ4n) is 5.48. The van der Waals surface area contributed by atoms with Crippen LogP contribution in [0.2, 0.25) is 0 Å². The number of nitrogens with zero attached hydrogens (tertiary/aromatic N) is 3. The summed E-state index contributed by atoms with van der Waals surface area (Å²) in [7, 11) is 0.424. The standard InChI is InChI=1S/C32H26F2N4O6S/c1-35-30(39)28-22-13-21(25(37(3)45(4,42)43)14-27(22)44-29(28)17-8-10-19(33)11-9-17)18-12-26(32(41)36(2)15-18)38-16-23-20(31(38)40)6-5-7-24(23)34/h5-15H,16H2,1-4H3,(H,35,39). The summed E-state index contributed by atoms with van der Waals surface area (Å²) in [5.41, 5.74) is 1.21. The van der Waals surface area contributed by atoms with E-state index in [9.17, 15) is 31.6 Å². The smallest absolute Gasteiger partial charge is 0.274 e. The number of aryl methyl sites for hydroxylation is 1. The Kier molecular flexibility index (Phi) is 7.08. The molecule has 0 fully saturated rings. The van der Waals surface area contributed by atoms with E-state index in [2.05, 4.69) is 5.32 Å². The first-order valence-corrected chi connectivity index (χ1v) is 15.5. The molecule has 0 bridgehead atoms. The van der Waals surface area contributed by atoms with Crippen molar-refractivity contribution in [3.63, 3.8) is 0 Å². The average Bonchev–Trinajstić information content (AvgIpc) is 3.55. The lowest BCUT2D eigenvalue weighted by atomic mass is 9.99. The molecule has 0 atom stereocenters. The summed E-state index contributed by atoms with van der Waals surface area (Å²) < 4.78 is 62.2. The van der Waals surface area contributed by atoms with Crippen molar-refractivity contribution in [2.45, 2.75) is 6.54 Å². The van der Waals surface area contributed by atoms with Crippen LogP contribution in [0.1, 0.15) is 26.3 Å². The van der Waals surface area contributed by atoms with Crippen molar-refractivity contribution < 1.29 is 31.2 Å². The zero-order chi connectivity index (χ0) is 32.4. The normalized spacial score (nSPS) is 12.9. The number of carbonyl (C=O) groups is 2. The number of benzene rings is 3. The molecule has 0 unspecified atom stereocenters. The predicted octanol–water partition coefficient (Wildman–Crippen LogP) is 4.66. The quantitative estimate of drug-likeness (QED) is 0.291. The second kappa shape index (κ2) is 10.7. The van der Waals surface area contributed by atoms with Crippen molar-refractivity contribution in [1.82, 2.24) is 9.88 Å². The number of furan rings is 1. The van der Waals surface area contributed by atoms with Crippen molar-refractivity contribution in [3.05, 3.63) is 106 Å². The van der Waals surface area contributed by atoms with Gasteiger partial charge in [-0.25, -0.2) is 17.2 Å². The highest BCUT2D eigenvalue weighted by Gasteiger charge is 2.33. The Bertz CT molecular complexity index is 2230. The number of aromatic nitrogens is 1. The minimum atomic E-state index is -3.83. The van der Waals surface area contributed by atoms with E-state index in [-0.39, 0.29) is 46.0 Å². The van der Waals surface area contributed by atoms with Gasteiger partial charge in [0.1, 0.15) is 28.7 Å². The topological polar surface area (TPSA) is 122 Å². The van der Waals surface area contributed by atoms with Crippen LogP contribution < -0.4 is 20.1 Å². The maximum Gasteiger partial charge on any atom is 0.274 e. The van der Waals surface area contributed by atoms with Crippen LogP contribution in [0.15, 0.2) is 76.1 Å². The van der Waals surface area contributed by atoms with Gasteiger partial charge in [-0.05, 0) is 48.5 Å². The maximum atomic E-state index is 14.6. The number of carbonyl (C=O) groups excluding carboxylic acids is 2. The Labute approximate surface area is 256 Å². The molecular formula is C32H26F2N4O6S. The van der Waals surface area contributed by atoms with Crippen LogP contribution in [0.25, 0.3) is 33.4 Å². The lowest BCUT2D eigenvalue weighted by molar-refractivity contribution is 0.0962. The molecule has 0 radical (unpaired) electrons. The largest absolute Gasteiger partial charge is 0.455 e. The lowest BCUT2D eigenvalue weighted by Crippen LogP contribution is -2.31. The molecule has 0 spiro atoms. The molecule has 2 amide bonds. The molecule has 1 aliphatic rings. The van der Waals surface area contributed by atoms with E-state index in [0.29, 0.717) is 22.1 Å². The third-order valence-electron chi connectivity index (χ3n) is 7.88. The molecule has 5 aromatic rings. The SMILES string of the molecule is CNC(=O)c1c(-c2ccc(F)cc2)oc2cc(N(C)S(C)(=O)=O)c(-c3cc(N4Cc5c(F)cccc5C4=O)c(=O)n(C)c3)cc12. The number of hydrogen-bond acceptors (Lipinski definition) is 6. The first kappa shape index (κ1) is 29.8. The summed E-state index contributed by atoms with van der Waals surface area (Å²) in [6.07, 6.45) is 2.49. The summed E-state index contributed by atoms with van der Waals surface area (Å²) in [6, 6.07) is 14.0. The molecule has 3 aromatic carbocycles. The molecule has 1 aliphatic heterocycles. The third-order valence-corrected chi connectivity index (χ3v) is 9.07. The van der Waals surface area contributed by atoms with Crippen molar-refractivity contribution in [1.29, 1.82) is 0 Å². The third kappa shape index (κ3) is 4.94. The Hall–Kier alpha value is -5.30. The predicted molar refractivity (Wildman–Crippen MR) is 166 cm³/mol. The number of pyridine rings is 1. The second-order valence-corrected chi connectivity index (χ2v) is 12.7. The van der Waals surface area contributed by atoms with Gasteiger partial charge in [0.25, 0.3) is 17.4 Å². The number of fused-ring (bicyclic) bond motifs is 2. The summed E-state index contributed by atoms with van der Waals surface area (Å²) in [5, 5.41) is 2.90. The number of amides is 2. The maximum absolute atomic E-state index is 14.6. The molecule has 2 aromatic heterocycles. The van der Waals surface area contributed by atoms with Gasteiger partial charge in [0.15, 0.2) is 0 Å². The lowest BCUT2D eigenvalue weighted by Gasteiger charge is -2.22. The van der Waals surface area contributed by atoms with E-state index in [4.69, 9.17) is 4.42 Å². The molecule has 6 rings (SSSR count). The van der Waals surface area contributed by atoms with E-state index in [1.165, 1.54) is 91.4 Å². The van der Waals surface area contributed by atoms with E-state index in [1.807, 2.05) is 0 Å². The molecule has 230 valence electrons. The van der Waals surface area contributed by atoms with Gasteiger partial charge in [-0.3, -0.25) is 23.6 Å². The first-order valence-electron chi connectivity index (χ1n) is 13.6. The Morgan fingerprint density at radius 3 is 2.36 bits per heavy atom. The van der Waals surface area contributed by atoms with Crippen LogP contribution in [0.5, 0.6) is 0 Å². The van der Waals surface area contributed by atoms with Crippen LogP contribution >= 0.6 is 0 Å². The van der Waals surface area contributed by atoms with E-state index >= 15 is 0 Å². The molecule has 0 aliphatic carbocycles. The number of rotatable bonds is 6. The number of hydrogen-bond donors (Lipinski definition) is 1. The highest BCUT2D eigenvalue weighted by atomic mass is 32.2. The average molecular weight is 633 g/mol. The van der Waals surface area contributed by atoms with Crippen LogP contribution in [-0.4, -0.2) is 45.2 Å². The number of halogens is 2. The van der Waals surface area contributed by atoms with Gasteiger partial charge in [-0.1, -0.05) is 6.07 Å². The molecule has 13 heteroatoms. The second-order valence-electron chi connectivity index (χ2n) is 10.7. The van der Waals surface area contributed by atoms with E-state index in [1.54, 1.807) is 6.07 Å². The van der Waals surface area contributed by atoms with Gasteiger partial charge < -0.3 is 14.3 Å². The van der Waals surface area contributed by atoms with E-state index in [0.717, 1.165) is 10.6 Å². The number of anilines is 2. The van der Waals surface area contributed by atoms with Crippen molar-refractivity contribution in [2.75, 3.05) is 29.6 Å². The van der Waals surface area contributed by atoms with Crippen LogP contribution in [0.3, 0.4) is 0 Å². The molecule has 1 N–H and O–H groups in total. The summed E-state index contributed by atoms with van der Waals surface area (Å²) >= 11 is 0. The van der Waals surface area contributed by atoms with Crippen LogP contribution in [-0.2, 0) is 23.6 Å². The van der Waals surface area contributed by atoms with Gasteiger partial charge >= 0.3 is 0 Å². The van der Waals surface area contributed by atoms with Gasteiger partial charge in [-0.2, -0.15) is 0 Å². The molecule has 0 saturated heterocycles. The van der Waals surface area contributed by atoms with Crippen molar-refractivity contribution in [3.8, 4) is 22.5 Å². The van der Waals surface area contributed by atoms with Gasteiger partial charge in [0.05, 0.1) is 24.1 Å². The fourth-order valence-corrected chi connectivity index (χ4v) is 5.99. The highest BCUT2D eigenvalue weighted by Crippen LogP contribution is 2.42. The molecule has 3 heterocycles. The van der Waals surface area contributed by atoms with Gasteiger partial charge in [0, 0.05) is 66.6 Å². The van der Waals surface area contributed by atoms with Crippen molar-refractivity contribution in [2.24, 2.45) is 7.05 Å². The summed E-state index contributed by atoms with van der Waals surface area (Å²) in [4.78, 5) is 41.0. The number of sulfonamides is 1. The van der Waals surface area contributed by atoms with Gasteiger partial charge in [0.2, 0.25) is 10.0 Å². The Morgan fingerprint density at radius 1 is 1.00 bits per heavy atom. The van der Waals surface area contributed by atoms with E-state index < -0.39 is 39.0 Å². The van der Waals surface area contributed by atoms with Crippen LogP contribution in [0.4, 0.5) is 20.2 Å². The summed E-state index contributed by atoms with van der Waals surface area (Å²) in [5.74, 6) is -1.98. The molecular weight excluding hydrogens is 606 g/mol. The molecule has 10 nitrogen and oxygen atoms in total. The Balaban J connectivity index is 1.62.